The summed E-state index contributed by atoms with van der Waals surface area (Å²) in [5.74, 6) is -0.656. The number of rotatable bonds is 6. The fraction of sp³-hybridized carbons (Fsp3) is 0.346. The zero-order chi connectivity index (χ0) is 28.5. The summed E-state index contributed by atoms with van der Waals surface area (Å²) in [4.78, 5) is 44.0. The molecule has 0 atom stereocenters. The van der Waals surface area contributed by atoms with Crippen LogP contribution in [0.15, 0.2) is 36.5 Å². The molecule has 1 saturated heterocycles. The molecule has 0 spiro atoms. The van der Waals surface area contributed by atoms with Crippen LogP contribution in [0, 0.1) is 6.92 Å². The molecule has 0 saturated carbocycles. The average molecular weight is 575 g/mol. The Hall–Kier alpha value is -3.83. The number of nitrogens with one attached hydrogen (secondary N) is 2. The van der Waals surface area contributed by atoms with E-state index in [9.17, 15) is 14.4 Å². The molecule has 3 heterocycles. The number of aromatic nitrogens is 3. The van der Waals surface area contributed by atoms with E-state index >= 15 is 0 Å². The number of halogens is 2. The van der Waals surface area contributed by atoms with Crippen LogP contribution in [0.4, 0.5) is 10.5 Å². The van der Waals surface area contributed by atoms with Gasteiger partial charge in [-0.1, -0.05) is 23.2 Å². The fourth-order valence-electron chi connectivity index (χ4n) is 3.83. The van der Waals surface area contributed by atoms with E-state index in [1.165, 1.54) is 35.0 Å². The predicted octanol–water partition coefficient (Wildman–Crippen LogP) is 4.49. The van der Waals surface area contributed by atoms with Crippen molar-refractivity contribution < 1.29 is 23.9 Å². The topological polar surface area (TPSA) is 128 Å². The fourth-order valence-corrected chi connectivity index (χ4v) is 4.31. The Morgan fingerprint density at radius 3 is 2.46 bits per heavy atom. The molecule has 1 aliphatic heterocycles. The van der Waals surface area contributed by atoms with Crippen LogP contribution >= 0.6 is 23.2 Å². The van der Waals surface area contributed by atoms with E-state index in [0.717, 1.165) is 0 Å². The van der Waals surface area contributed by atoms with Crippen molar-refractivity contribution in [1.29, 1.82) is 0 Å². The Labute approximate surface area is 235 Å². The van der Waals surface area contributed by atoms with E-state index in [-0.39, 0.29) is 39.8 Å². The Bertz CT molecular complexity index is 1430. The highest BCUT2D eigenvalue weighted by atomic mass is 35.5. The Kier molecular flexibility index (Phi) is 8.03. The second-order valence-electron chi connectivity index (χ2n) is 9.89. The first-order valence-electron chi connectivity index (χ1n) is 12.1. The molecular weight excluding hydrogens is 547 g/mol. The van der Waals surface area contributed by atoms with Gasteiger partial charge in [0, 0.05) is 24.3 Å². The van der Waals surface area contributed by atoms with Gasteiger partial charge in [-0.2, -0.15) is 0 Å². The number of carbonyl (C=O) groups is 3. The van der Waals surface area contributed by atoms with Crippen LogP contribution in [-0.4, -0.2) is 69.4 Å². The van der Waals surface area contributed by atoms with Crippen molar-refractivity contribution in [3.05, 3.63) is 63.4 Å². The Morgan fingerprint density at radius 1 is 1.10 bits per heavy atom. The number of ether oxygens (including phenoxy) is 2. The zero-order valence-electron chi connectivity index (χ0n) is 22.0. The summed E-state index contributed by atoms with van der Waals surface area (Å²) in [7, 11) is 1.48. The number of hydrogen-bond acceptors (Lipinski definition) is 7. The molecule has 206 valence electrons. The molecule has 0 unspecified atom stereocenters. The Morgan fingerprint density at radius 2 is 1.82 bits per heavy atom. The molecule has 1 aromatic carbocycles. The van der Waals surface area contributed by atoms with Crippen molar-refractivity contribution in [3.63, 3.8) is 0 Å². The van der Waals surface area contributed by atoms with Gasteiger partial charge in [0.25, 0.3) is 11.8 Å². The normalized spacial score (nSPS) is 13.5. The number of anilines is 1. The van der Waals surface area contributed by atoms with E-state index in [1.54, 1.807) is 45.9 Å². The van der Waals surface area contributed by atoms with Crippen molar-refractivity contribution in [2.45, 2.75) is 39.4 Å². The minimum Gasteiger partial charge on any atom is -0.469 e. The third kappa shape index (κ3) is 6.43. The first kappa shape index (κ1) is 28.2. The third-order valence-electron chi connectivity index (χ3n) is 5.66. The Balaban J connectivity index is 1.61. The highest BCUT2D eigenvalue weighted by Gasteiger charge is 2.36. The van der Waals surface area contributed by atoms with E-state index in [2.05, 4.69) is 20.7 Å². The van der Waals surface area contributed by atoms with Gasteiger partial charge < -0.3 is 25.0 Å². The van der Waals surface area contributed by atoms with Crippen LogP contribution in [-0.2, 0) is 4.74 Å². The summed E-state index contributed by atoms with van der Waals surface area (Å²) in [6, 6.07) is 7.82. The minimum atomic E-state index is -0.605. The SMILES string of the molecule is CNC(=O)c1cc(Cl)cc(C)c1NC(=O)c1cc(OC2CN(C(=O)OC(C)(C)C)C2)nn1-c1ncccc1Cl. The quantitative estimate of drug-likeness (QED) is 0.443. The van der Waals surface area contributed by atoms with Crippen LogP contribution in [0.1, 0.15) is 47.2 Å². The summed E-state index contributed by atoms with van der Waals surface area (Å²) in [5.41, 5.74) is 0.534. The third-order valence-corrected chi connectivity index (χ3v) is 6.17. The van der Waals surface area contributed by atoms with E-state index in [4.69, 9.17) is 32.7 Å². The molecule has 3 amide bonds. The molecule has 11 nitrogen and oxygen atoms in total. The number of hydrogen-bond donors (Lipinski definition) is 2. The maximum Gasteiger partial charge on any atom is 0.410 e. The minimum absolute atomic E-state index is 0.0612. The van der Waals surface area contributed by atoms with E-state index < -0.39 is 23.5 Å². The lowest BCUT2D eigenvalue weighted by Gasteiger charge is -2.38. The maximum atomic E-state index is 13.5. The maximum absolute atomic E-state index is 13.5. The van der Waals surface area contributed by atoms with Crippen LogP contribution < -0.4 is 15.4 Å². The smallest absolute Gasteiger partial charge is 0.410 e. The van der Waals surface area contributed by atoms with Crippen LogP contribution in [0.25, 0.3) is 5.82 Å². The number of aryl methyl sites for hydroxylation is 1. The average Bonchev–Trinajstić information content (AvgIpc) is 3.25. The van der Waals surface area contributed by atoms with Crippen LogP contribution in [0.5, 0.6) is 5.88 Å². The summed E-state index contributed by atoms with van der Waals surface area (Å²) >= 11 is 12.5. The number of likely N-dealkylation sites (tertiary alicyclic amines) is 1. The predicted molar refractivity (Wildman–Crippen MR) is 146 cm³/mol. The summed E-state index contributed by atoms with van der Waals surface area (Å²) in [6.45, 7) is 7.71. The molecule has 4 rings (SSSR count). The molecule has 1 fully saturated rings. The number of benzene rings is 1. The zero-order valence-corrected chi connectivity index (χ0v) is 23.6. The molecule has 0 radical (unpaired) electrons. The van der Waals surface area contributed by atoms with Gasteiger partial charge in [0.05, 0.1) is 29.4 Å². The largest absolute Gasteiger partial charge is 0.469 e. The molecule has 0 aliphatic carbocycles. The summed E-state index contributed by atoms with van der Waals surface area (Å²) < 4.78 is 12.6. The van der Waals surface area contributed by atoms with Crippen LogP contribution in [0.3, 0.4) is 0 Å². The van der Waals surface area contributed by atoms with Crippen molar-refractivity contribution >= 4 is 46.8 Å². The summed E-state index contributed by atoms with van der Waals surface area (Å²) in [6.07, 6.45) is 0.732. The lowest BCUT2D eigenvalue weighted by molar-refractivity contribution is -0.0233. The van der Waals surface area contributed by atoms with Crippen LogP contribution in [0.2, 0.25) is 10.0 Å². The van der Waals surface area contributed by atoms with Gasteiger partial charge in [-0.25, -0.2) is 14.5 Å². The van der Waals surface area contributed by atoms with Crippen molar-refractivity contribution in [3.8, 4) is 11.7 Å². The molecule has 13 heteroatoms. The monoisotopic (exact) mass is 574 g/mol. The van der Waals surface area contributed by atoms with E-state index in [1.807, 2.05) is 0 Å². The molecule has 2 aromatic heterocycles. The molecule has 1 aliphatic rings. The van der Waals surface area contributed by atoms with E-state index in [0.29, 0.717) is 23.7 Å². The van der Waals surface area contributed by atoms with Gasteiger partial charge >= 0.3 is 6.09 Å². The molecular formula is C26H28Cl2N6O5. The van der Waals surface area contributed by atoms with Gasteiger partial charge in [0.15, 0.2) is 5.82 Å². The van der Waals surface area contributed by atoms with Crippen molar-refractivity contribution in [1.82, 2.24) is 25.0 Å². The van der Waals surface area contributed by atoms with Crippen molar-refractivity contribution in [2.24, 2.45) is 0 Å². The second kappa shape index (κ2) is 11.1. The van der Waals surface area contributed by atoms with Gasteiger partial charge in [-0.15, -0.1) is 5.10 Å². The number of pyridine rings is 1. The van der Waals surface area contributed by atoms with Gasteiger partial charge in [0.1, 0.15) is 17.4 Å². The standard InChI is InChI=1S/C26H28Cl2N6O5/c1-14-9-15(27)10-17(23(35)29-5)21(14)31-24(36)19-11-20(32-34(19)22-18(28)7-6-8-30-22)38-16-12-33(13-16)25(37)39-26(2,3)4/h6-11,16H,12-13H2,1-5H3,(H,29,35)(H,31,36). The number of carbonyl (C=O) groups excluding carboxylic acids is 3. The molecule has 0 bridgehead atoms. The molecule has 2 N–H and O–H groups in total. The first-order valence-corrected chi connectivity index (χ1v) is 12.8. The lowest BCUT2D eigenvalue weighted by atomic mass is 10.1. The summed E-state index contributed by atoms with van der Waals surface area (Å²) in [5, 5.41) is 10.4. The van der Waals surface area contributed by atoms with Gasteiger partial charge in [-0.3, -0.25) is 9.59 Å². The molecule has 39 heavy (non-hydrogen) atoms. The number of amides is 3. The van der Waals surface area contributed by atoms with Gasteiger partial charge in [-0.05, 0) is 57.5 Å². The number of nitrogens with zero attached hydrogens (tertiary/aromatic N) is 4. The second-order valence-corrected chi connectivity index (χ2v) is 10.7. The highest BCUT2D eigenvalue weighted by molar-refractivity contribution is 6.32. The van der Waals surface area contributed by atoms with Gasteiger partial charge in [0.2, 0.25) is 5.88 Å². The highest BCUT2D eigenvalue weighted by Crippen LogP contribution is 2.29. The van der Waals surface area contributed by atoms with Crippen molar-refractivity contribution in [2.75, 3.05) is 25.5 Å². The molecule has 3 aromatic rings. The first-order chi connectivity index (χ1) is 18.4. The lowest BCUT2D eigenvalue weighted by Crippen LogP contribution is -2.57.